The SMILES string of the molecule is O=S(=O)(O)c1ccc(-c2nnc(-c3ccccn3)nc2-c2ccc(S(=O)(=O)O)o2)o1.[NaH].[NaH]. The Balaban J connectivity index is 0.00000181. The third-order valence-corrected chi connectivity index (χ3v) is 5.17. The Bertz CT molecular complexity index is 1450. The van der Waals surface area contributed by atoms with Crippen molar-refractivity contribution < 1.29 is 34.8 Å². The van der Waals surface area contributed by atoms with E-state index in [-0.39, 0.29) is 87.8 Å². The molecule has 4 aromatic heterocycles. The van der Waals surface area contributed by atoms with Crippen molar-refractivity contribution in [1.82, 2.24) is 20.2 Å². The molecule has 0 atom stereocenters. The van der Waals surface area contributed by atoms with Gasteiger partial charge in [-0.2, -0.15) is 16.8 Å². The molecule has 0 amide bonds. The van der Waals surface area contributed by atoms with Crippen LogP contribution in [0.15, 0.2) is 67.7 Å². The Morgan fingerprint density at radius 3 is 1.75 bits per heavy atom. The molecule has 0 aliphatic heterocycles. The van der Waals surface area contributed by atoms with Crippen molar-refractivity contribution in [3.05, 3.63) is 48.7 Å². The Kier molecular flexibility index (Phi) is 8.55. The number of hydrogen-bond acceptors (Lipinski definition) is 10. The first-order valence-corrected chi connectivity index (χ1v) is 10.8. The number of furan rings is 2. The van der Waals surface area contributed by atoms with Gasteiger partial charge in [0.05, 0.1) is 0 Å². The molecule has 0 spiro atoms. The average molecular weight is 498 g/mol. The Morgan fingerprint density at radius 2 is 1.28 bits per heavy atom. The minimum absolute atomic E-state index is 0. The van der Waals surface area contributed by atoms with E-state index in [1.54, 1.807) is 18.2 Å². The monoisotopic (exact) mass is 498 g/mol. The van der Waals surface area contributed by atoms with Gasteiger partial charge in [-0.3, -0.25) is 14.1 Å². The van der Waals surface area contributed by atoms with Gasteiger partial charge in [0.25, 0.3) is 0 Å². The van der Waals surface area contributed by atoms with Crippen LogP contribution in [0.25, 0.3) is 34.4 Å². The molecule has 0 unspecified atom stereocenters. The number of nitrogens with zero attached hydrogens (tertiary/aromatic N) is 4. The maximum atomic E-state index is 11.3. The van der Waals surface area contributed by atoms with E-state index in [1.807, 2.05) is 0 Å². The van der Waals surface area contributed by atoms with Crippen LogP contribution in [-0.4, -0.2) is 105 Å². The zero-order valence-electron chi connectivity index (χ0n) is 14.6. The Hall–Kier alpha value is -1.46. The zero-order chi connectivity index (χ0) is 21.5. The fourth-order valence-electron chi connectivity index (χ4n) is 2.44. The first kappa shape index (κ1) is 26.8. The van der Waals surface area contributed by atoms with Gasteiger partial charge in [-0.15, -0.1) is 10.2 Å². The molecule has 0 aromatic carbocycles. The number of rotatable bonds is 5. The van der Waals surface area contributed by atoms with Gasteiger partial charge in [-0.1, -0.05) is 6.07 Å². The van der Waals surface area contributed by atoms with Gasteiger partial charge in [0.2, 0.25) is 16.0 Å². The van der Waals surface area contributed by atoms with Crippen molar-refractivity contribution in [1.29, 1.82) is 0 Å². The molecule has 0 fully saturated rings. The van der Waals surface area contributed by atoms with Gasteiger partial charge >= 0.3 is 79.4 Å². The zero-order valence-corrected chi connectivity index (χ0v) is 16.2. The summed E-state index contributed by atoms with van der Waals surface area (Å²) in [5.74, 6) is -0.217. The van der Waals surface area contributed by atoms with Crippen LogP contribution in [-0.2, 0) is 20.2 Å². The average Bonchev–Trinajstić information content (AvgIpc) is 3.37. The summed E-state index contributed by atoms with van der Waals surface area (Å²) in [4.78, 5) is 8.38. The Morgan fingerprint density at radius 1 is 0.719 bits per heavy atom. The molecule has 158 valence electrons. The van der Waals surface area contributed by atoms with Gasteiger partial charge in [-0.05, 0) is 36.4 Å². The predicted octanol–water partition coefficient (Wildman–Crippen LogP) is 0.650. The number of aromatic nitrogens is 4. The molecule has 16 heteroatoms. The van der Waals surface area contributed by atoms with Crippen molar-refractivity contribution in [2.24, 2.45) is 0 Å². The second-order valence-electron chi connectivity index (χ2n) is 5.74. The summed E-state index contributed by atoms with van der Waals surface area (Å²) in [7, 11) is -9.24. The van der Waals surface area contributed by atoms with E-state index in [2.05, 4.69) is 20.2 Å². The van der Waals surface area contributed by atoms with Crippen LogP contribution in [0.3, 0.4) is 0 Å². The Labute approximate surface area is 225 Å². The van der Waals surface area contributed by atoms with Crippen LogP contribution in [0.4, 0.5) is 0 Å². The summed E-state index contributed by atoms with van der Waals surface area (Å²) in [6, 6.07) is 9.38. The molecule has 0 saturated heterocycles. The summed E-state index contributed by atoms with van der Waals surface area (Å²) < 4.78 is 73.8. The van der Waals surface area contributed by atoms with Crippen molar-refractivity contribution in [3.8, 4) is 34.4 Å². The van der Waals surface area contributed by atoms with E-state index in [9.17, 15) is 16.8 Å². The minimum atomic E-state index is -4.62. The molecule has 0 aliphatic rings. The molecular formula is C16H12N4Na2O8S2. The molecule has 4 rings (SSSR count). The maximum absolute atomic E-state index is 11.3. The van der Waals surface area contributed by atoms with Gasteiger partial charge in [-0.25, -0.2) is 4.98 Å². The van der Waals surface area contributed by atoms with Crippen LogP contribution in [0.1, 0.15) is 0 Å². The van der Waals surface area contributed by atoms with Crippen molar-refractivity contribution >= 4 is 79.4 Å². The van der Waals surface area contributed by atoms with Crippen LogP contribution in [0, 0.1) is 0 Å². The molecule has 4 aromatic rings. The first-order valence-electron chi connectivity index (χ1n) is 7.94. The van der Waals surface area contributed by atoms with Crippen molar-refractivity contribution in [2.75, 3.05) is 0 Å². The van der Waals surface area contributed by atoms with E-state index in [0.29, 0.717) is 5.69 Å². The summed E-state index contributed by atoms with van der Waals surface area (Å²) >= 11 is 0. The van der Waals surface area contributed by atoms with E-state index < -0.39 is 30.4 Å². The molecule has 0 bridgehead atoms. The molecule has 0 radical (unpaired) electrons. The van der Waals surface area contributed by atoms with E-state index in [0.717, 1.165) is 12.1 Å². The molecular weight excluding hydrogens is 486 g/mol. The van der Waals surface area contributed by atoms with Gasteiger partial charge in [0, 0.05) is 6.20 Å². The van der Waals surface area contributed by atoms with Crippen molar-refractivity contribution in [2.45, 2.75) is 10.2 Å². The fourth-order valence-corrected chi connectivity index (χ4v) is 3.31. The predicted molar refractivity (Wildman–Crippen MR) is 112 cm³/mol. The summed E-state index contributed by atoms with van der Waals surface area (Å²) in [5, 5.41) is 6.43. The summed E-state index contributed by atoms with van der Waals surface area (Å²) in [6.07, 6.45) is 1.50. The molecule has 0 aliphatic carbocycles. The van der Waals surface area contributed by atoms with Crippen LogP contribution < -0.4 is 0 Å². The van der Waals surface area contributed by atoms with Crippen LogP contribution >= 0.6 is 0 Å². The van der Waals surface area contributed by atoms with Crippen molar-refractivity contribution in [3.63, 3.8) is 0 Å². The topological polar surface area (TPSA) is 187 Å². The quantitative estimate of drug-likeness (QED) is 0.289. The third kappa shape index (κ3) is 5.72. The summed E-state index contributed by atoms with van der Waals surface area (Å²) in [5.41, 5.74) is 0.162. The molecule has 2 N–H and O–H groups in total. The first-order chi connectivity index (χ1) is 14.1. The summed E-state index contributed by atoms with van der Waals surface area (Å²) in [6.45, 7) is 0. The third-order valence-electron chi connectivity index (χ3n) is 3.72. The van der Waals surface area contributed by atoms with E-state index >= 15 is 0 Å². The van der Waals surface area contributed by atoms with Gasteiger partial charge in [0.1, 0.15) is 11.4 Å². The second-order valence-corrected chi connectivity index (χ2v) is 8.44. The normalized spacial score (nSPS) is 11.4. The van der Waals surface area contributed by atoms with E-state index in [4.69, 9.17) is 17.9 Å². The van der Waals surface area contributed by atoms with Gasteiger partial charge in [0.15, 0.2) is 17.2 Å². The number of hydrogen-bond donors (Lipinski definition) is 2. The molecule has 0 saturated carbocycles. The molecule has 32 heavy (non-hydrogen) atoms. The second kappa shape index (κ2) is 10.2. The fraction of sp³-hybridized carbons (Fsp3) is 0. The van der Waals surface area contributed by atoms with Crippen LogP contribution in [0.2, 0.25) is 0 Å². The van der Waals surface area contributed by atoms with E-state index in [1.165, 1.54) is 18.3 Å². The van der Waals surface area contributed by atoms with Crippen LogP contribution in [0.5, 0.6) is 0 Å². The standard InChI is InChI=1S/C16H10N4O8S2.2Na.2H/c21-29(22,23)12-6-4-10(27-12)14-15(11-5-7-13(28-11)30(24,25)26)19-20-16(18-14)9-3-1-2-8-17-9;;;;/h1-8H,(H,21,22,23)(H,24,25,26);;;;. The molecule has 12 nitrogen and oxygen atoms in total. The molecule has 4 heterocycles. The van der Waals surface area contributed by atoms with Gasteiger partial charge < -0.3 is 8.83 Å². The number of pyridine rings is 1.